The number of likely N-dealkylation sites (tertiary alicyclic amines) is 1. The zero-order chi connectivity index (χ0) is 14.5. The molecular weight excluding hydrogens is 248 g/mol. The molecule has 0 unspecified atom stereocenters. The van der Waals surface area contributed by atoms with Crippen LogP contribution in [0.5, 0.6) is 0 Å². The second-order valence-electron chi connectivity index (χ2n) is 6.03. The van der Waals surface area contributed by atoms with E-state index in [-0.39, 0.29) is 6.03 Å². The Morgan fingerprint density at radius 3 is 2.45 bits per heavy atom. The van der Waals surface area contributed by atoms with Crippen LogP contribution in [0.1, 0.15) is 51.5 Å². The van der Waals surface area contributed by atoms with Crippen molar-refractivity contribution >= 4 is 11.7 Å². The number of piperidine rings is 1. The summed E-state index contributed by atoms with van der Waals surface area (Å²) in [5, 5.41) is 3.00. The summed E-state index contributed by atoms with van der Waals surface area (Å²) in [6.07, 6.45) is 3.36. The van der Waals surface area contributed by atoms with Crippen molar-refractivity contribution in [3.05, 3.63) is 29.8 Å². The molecule has 3 heteroatoms. The molecule has 0 aromatic heterocycles. The van der Waals surface area contributed by atoms with Crippen LogP contribution in [0.2, 0.25) is 0 Å². The van der Waals surface area contributed by atoms with E-state index in [2.05, 4.69) is 38.2 Å². The summed E-state index contributed by atoms with van der Waals surface area (Å²) in [4.78, 5) is 14.1. The van der Waals surface area contributed by atoms with Crippen molar-refractivity contribution in [1.29, 1.82) is 0 Å². The van der Waals surface area contributed by atoms with Crippen LogP contribution >= 0.6 is 0 Å². The Hall–Kier alpha value is -1.51. The van der Waals surface area contributed by atoms with E-state index in [1.165, 1.54) is 5.56 Å². The molecule has 1 atom stereocenters. The van der Waals surface area contributed by atoms with E-state index in [1.807, 2.05) is 17.0 Å². The van der Waals surface area contributed by atoms with Crippen molar-refractivity contribution in [1.82, 2.24) is 4.90 Å². The van der Waals surface area contributed by atoms with Gasteiger partial charge in [0.05, 0.1) is 0 Å². The minimum absolute atomic E-state index is 0.0354. The van der Waals surface area contributed by atoms with Crippen LogP contribution in [0.4, 0.5) is 10.5 Å². The number of nitrogens with one attached hydrogen (secondary N) is 1. The van der Waals surface area contributed by atoms with Gasteiger partial charge in [-0.1, -0.05) is 32.9 Å². The summed E-state index contributed by atoms with van der Waals surface area (Å²) in [6, 6.07) is 8.27. The highest BCUT2D eigenvalue weighted by molar-refractivity contribution is 5.89. The molecule has 0 bridgehead atoms. The zero-order valence-electron chi connectivity index (χ0n) is 12.9. The molecule has 1 aromatic rings. The lowest BCUT2D eigenvalue weighted by Gasteiger charge is -2.30. The third-order valence-electron chi connectivity index (χ3n) is 4.41. The molecule has 1 N–H and O–H groups in total. The first-order valence-electron chi connectivity index (χ1n) is 7.76. The van der Waals surface area contributed by atoms with Crippen molar-refractivity contribution in [3.8, 4) is 0 Å². The first-order valence-corrected chi connectivity index (χ1v) is 7.76. The van der Waals surface area contributed by atoms with Crippen molar-refractivity contribution in [2.75, 3.05) is 18.4 Å². The van der Waals surface area contributed by atoms with Crippen LogP contribution < -0.4 is 5.32 Å². The number of nitrogens with zero attached hydrogens (tertiary/aromatic N) is 1. The van der Waals surface area contributed by atoms with Gasteiger partial charge in [-0.2, -0.15) is 0 Å². The van der Waals surface area contributed by atoms with Crippen molar-refractivity contribution in [2.45, 2.75) is 46.0 Å². The normalized spacial score (nSPS) is 17.9. The van der Waals surface area contributed by atoms with Crippen LogP contribution in [-0.2, 0) is 0 Å². The Morgan fingerprint density at radius 1 is 1.30 bits per heavy atom. The molecule has 20 heavy (non-hydrogen) atoms. The SMILES string of the molecule is CC[C@@H](C)c1ccc(NC(=O)N2CCC(C)CC2)cc1. The van der Waals surface area contributed by atoms with Gasteiger partial charge >= 0.3 is 6.03 Å². The van der Waals surface area contributed by atoms with E-state index in [4.69, 9.17) is 0 Å². The number of hydrogen-bond acceptors (Lipinski definition) is 1. The summed E-state index contributed by atoms with van der Waals surface area (Å²) in [6.45, 7) is 8.42. The average molecular weight is 274 g/mol. The molecule has 1 fully saturated rings. The number of urea groups is 1. The maximum absolute atomic E-state index is 12.2. The largest absolute Gasteiger partial charge is 0.325 e. The van der Waals surface area contributed by atoms with Gasteiger partial charge in [-0.25, -0.2) is 4.79 Å². The maximum Gasteiger partial charge on any atom is 0.321 e. The maximum atomic E-state index is 12.2. The minimum Gasteiger partial charge on any atom is -0.325 e. The summed E-state index contributed by atoms with van der Waals surface area (Å²) >= 11 is 0. The third kappa shape index (κ3) is 3.75. The molecule has 0 spiro atoms. The molecule has 2 rings (SSSR count). The number of rotatable bonds is 3. The second-order valence-corrected chi connectivity index (χ2v) is 6.03. The quantitative estimate of drug-likeness (QED) is 0.867. The smallest absolute Gasteiger partial charge is 0.321 e. The Kier molecular flexibility index (Phi) is 5.05. The Labute approximate surface area is 122 Å². The van der Waals surface area contributed by atoms with Crippen LogP contribution in [0.3, 0.4) is 0 Å². The first-order chi connectivity index (χ1) is 9.60. The number of carbonyl (C=O) groups excluding carboxylic acids is 1. The summed E-state index contributed by atoms with van der Waals surface area (Å²) in [5.41, 5.74) is 2.22. The molecule has 2 amide bonds. The van der Waals surface area contributed by atoms with Crippen LogP contribution in [0.15, 0.2) is 24.3 Å². The summed E-state index contributed by atoms with van der Waals surface area (Å²) in [5.74, 6) is 1.32. The monoisotopic (exact) mass is 274 g/mol. The highest BCUT2D eigenvalue weighted by Gasteiger charge is 2.20. The highest BCUT2D eigenvalue weighted by Crippen LogP contribution is 2.21. The predicted octanol–water partition coefficient (Wildman–Crippen LogP) is 4.46. The van der Waals surface area contributed by atoms with Gasteiger partial charge in [0.25, 0.3) is 0 Å². The van der Waals surface area contributed by atoms with Crippen LogP contribution in [0, 0.1) is 5.92 Å². The molecule has 0 radical (unpaired) electrons. The number of hydrogen-bond donors (Lipinski definition) is 1. The zero-order valence-corrected chi connectivity index (χ0v) is 12.9. The number of benzene rings is 1. The third-order valence-corrected chi connectivity index (χ3v) is 4.41. The van der Waals surface area contributed by atoms with Gasteiger partial charge < -0.3 is 10.2 Å². The van der Waals surface area contributed by atoms with Gasteiger partial charge in [-0.3, -0.25) is 0 Å². The molecule has 1 aliphatic rings. The lowest BCUT2D eigenvalue weighted by Crippen LogP contribution is -2.40. The topological polar surface area (TPSA) is 32.3 Å². The van der Waals surface area contributed by atoms with Crippen molar-refractivity contribution in [2.24, 2.45) is 5.92 Å². The van der Waals surface area contributed by atoms with Gasteiger partial charge in [0.15, 0.2) is 0 Å². The van der Waals surface area contributed by atoms with E-state index >= 15 is 0 Å². The molecule has 1 aromatic carbocycles. The molecule has 110 valence electrons. The fraction of sp³-hybridized carbons (Fsp3) is 0.588. The molecule has 0 aliphatic carbocycles. The fourth-order valence-electron chi connectivity index (χ4n) is 2.54. The summed E-state index contributed by atoms with van der Waals surface area (Å²) in [7, 11) is 0. The predicted molar refractivity (Wildman–Crippen MR) is 84.1 cm³/mol. The Bertz CT molecular complexity index is 433. The van der Waals surface area contributed by atoms with E-state index in [0.29, 0.717) is 5.92 Å². The Morgan fingerprint density at radius 2 is 1.90 bits per heavy atom. The lowest BCUT2D eigenvalue weighted by atomic mass is 9.98. The average Bonchev–Trinajstić information content (AvgIpc) is 2.48. The van der Waals surface area contributed by atoms with Gasteiger partial charge in [0.2, 0.25) is 0 Å². The van der Waals surface area contributed by atoms with E-state index in [0.717, 1.165) is 44.0 Å². The van der Waals surface area contributed by atoms with Crippen LogP contribution in [-0.4, -0.2) is 24.0 Å². The lowest BCUT2D eigenvalue weighted by molar-refractivity contribution is 0.186. The van der Waals surface area contributed by atoms with Gasteiger partial charge in [-0.15, -0.1) is 0 Å². The molecular formula is C17H26N2O. The van der Waals surface area contributed by atoms with Gasteiger partial charge in [-0.05, 0) is 48.8 Å². The molecule has 3 nitrogen and oxygen atoms in total. The number of amides is 2. The van der Waals surface area contributed by atoms with Crippen LogP contribution in [0.25, 0.3) is 0 Å². The Balaban J connectivity index is 1.91. The van der Waals surface area contributed by atoms with Crippen molar-refractivity contribution < 1.29 is 4.79 Å². The first kappa shape index (κ1) is 14.9. The van der Waals surface area contributed by atoms with Gasteiger partial charge in [0, 0.05) is 18.8 Å². The standard InChI is InChI=1S/C17H26N2O/c1-4-14(3)15-5-7-16(8-6-15)18-17(20)19-11-9-13(2)10-12-19/h5-8,13-14H,4,9-12H2,1-3H3,(H,18,20)/t14-/m1/s1. The molecule has 1 aliphatic heterocycles. The van der Waals surface area contributed by atoms with E-state index in [1.54, 1.807) is 0 Å². The molecule has 1 heterocycles. The van der Waals surface area contributed by atoms with E-state index in [9.17, 15) is 4.79 Å². The number of anilines is 1. The number of carbonyl (C=O) groups is 1. The molecule has 1 saturated heterocycles. The van der Waals surface area contributed by atoms with Gasteiger partial charge in [0.1, 0.15) is 0 Å². The highest BCUT2D eigenvalue weighted by atomic mass is 16.2. The fourth-order valence-corrected chi connectivity index (χ4v) is 2.54. The summed E-state index contributed by atoms with van der Waals surface area (Å²) < 4.78 is 0. The van der Waals surface area contributed by atoms with Crippen molar-refractivity contribution in [3.63, 3.8) is 0 Å². The minimum atomic E-state index is 0.0354. The van der Waals surface area contributed by atoms with E-state index < -0.39 is 0 Å². The molecule has 0 saturated carbocycles. The second kappa shape index (κ2) is 6.78.